The molecule has 1 aliphatic carbocycles. The monoisotopic (exact) mass is 297 g/mol. The third kappa shape index (κ3) is 3.21. The zero-order valence-electron chi connectivity index (χ0n) is 13.2. The predicted molar refractivity (Wildman–Crippen MR) is 87.8 cm³/mol. The van der Waals surface area contributed by atoms with Gasteiger partial charge in [0.25, 0.3) is 0 Å². The van der Waals surface area contributed by atoms with Crippen molar-refractivity contribution in [2.45, 2.75) is 44.9 Å². The summed E-state index contributed by atoms with van der Waals surface area (Å²) in [6.07, 6.45) is 3.39. The van der Waals surface area contributed by atoms with E-state index in [9.17, 15) is 4.79 Å². The molecule has 0 spiro atoms. The standard InChI is InChI=1S/C18H23N3O/c1-3-12(2)17(14-7-5-4-6-8-14)18(22)19-16-11-15(20-21-16)13-9-10-13/h4-8,11-13,17H,3,9-10H2,1-2H3,(H2,19,20,21,22). The minimum Gasteiger partial charge on any atom is -0.309 e. The average molecular weight is 297 g/mol. The number of rotatable bonds is 6. The van der Waals surface area contributed by atoms with Crippen molar-refractivity contribution >= 4 is 11.7 Å². The van der Waals surface area contributed by atoms with E-state index in [4.69, 9.17) is 0 Å². The lowest BCUT2D eigenvalue weighted by molar-refractivity contribution is -0.118. The number of hydrogen-bond acceptors (Lipinski definition) is 2. The number of H-pyrrole nitrogens is 1. The summed E-state index contributed by atoms with van der Waals surface area (Å²) in [6.45, 7) is 4.24. The smallest absolute Gasteiger partial charge is 0.233 e. The van der Waals surface area contributed by atoms with Crippen molar-refractivity contribution in [3.8, 4) is 0 Å². The number of anilines is 1. The molecule has 22 heavy (non-hydrogen) atoms. The maximum atomic E-state index is 12.7. The predicted octanol–water partition coefficient (Wildman–Crippen LogP) is 4.06. The first-order valence-corrected chi connectivity index (χ1v) is 8.10. The van der Waals surface area contributed by atoms with Gasteiger partial charge in [0.1, 0.15) is 0 Å². The van der Waals surface area contributed by atoms with Crippen molar-refractivity contribution in [3.05, 3.63) is 47.7 Å². The third-order valence-corrected chi connectivity index (χ3v) is 4.52. The van der Waals surface area contributed by atoms with Crippen molar-refractivity contribution in [2.24, 2.45) is 5.92 Å². The Labute approximate surface area is 131 Å². The van der Waals surface area contributed by atoms with Crippen LogP contribution in [0.4, 0.5) is 5.82 Å². The summed E-state index contributed by atoms with van der Waals surface area (Å²) in [5, 5.41) is 10.2. The zero-order valence-corrected chi connectivity index (χ0v) is 13.2. The van der Waals surface area contributed by atoms with E-state index < -0.39 is 0 Å². The van der Waals surface area contributed by atoms with Gasteiger partial charge in [0.05, 0.1) is 5.92 Å². The molecule has 116 valence electrons. The molecule has 0 saturated heterocycles. The molecule has 0 aliphatic heterocycles. The van der Waals surface area contributed by atoms with Crippen molar-refractivity contribution in [2.75, 3.05) is 5.32 Å². The number of carbonyl (C=O) groups is 1. The molecule has 4 nitrogen and oxygen atoms in total. The van der Waals surface area contributed by atoms with Gasteiger partial charge in [-0.2, -0.15) is 5.10 Å². The summed E-state index contributed by atoms with van der Waals surface area (Å²) in [5.74, 6) is 1.40. The van der Waals surface area contributed by atoms with Gasteiger partial charge in [-0.3, -0.25) is 9.89 Å². The fourth-order valence-electron chi connectivity index (χ4n) is 2.84. The van der Waals surface area contributed by atoms with Gasteiger partial charge in [-0.05, 0) is 24.3 Å². The van der Waals surface area contributed by atoms with Crippen molar-refractivity contribution in [1.29, 1.82) is 0 Å². The van der Waals surface area contributed by atoms with Gasteiger partial charge in [0.2, 0.25) is 5.91 Å². The van der Waals surface area contributed by atoms with E-state index in [0.29, 0.717) is 11.7 Å². The summed E-state index contributed by atoms with van der Waals surface area (Å²) in [7, 11) is 0. The molecule has 1 aromatic heterocycles. The average Bonchev–Trinajstić information content (AvgIpc) is 3.29. The fourth-order valence-corrected chi connectivity index (χ4v) is 2.84. The summed E-state index contributed by atoms with van der Waals surface area (Å²) >= 11 is 0. The largest absolute Gasteiger partial charge is 0.309 e. The number of hydrogen-bond donors (Lipinski definition) is 2. The molecule has 1 fully saturated rings. The molecule has 1 aliphatic rings. The van der Waals surface area contributed by atoms with E-state index in [1.165, 1.54) is 12.8 Å². The van der Waals surface area contributed by atoms with E-state index in [1.54, 1.807) is 0 Å². The minimum absolute atomic E-state index is 0.0226. The highest BCUT2D eigenvalue weighted by molar-refractivity contribution is 5.95. The first kappa shape index (κ1) is 14.8. The molecule has 2 aromatic rings. The van der Waals surface area contributed by atoms with Gasteiger partial charge in [-0.1, -0.05) is 50.6 Å². The Bertz CT molecular complexity index is 631. The molecule has 1 heterocycles. The van der Waals surface area contributed by atoms with Crippen LogP contribution in [-0.4, -0.2) is 16.1 Å². The topological polar surface area (TPSA) is 57.8 Å². The molecule has 2 N–H and O–H groups in total. The van der Waals surface area contributed by atoms with Crippen molar-refractivity contribution in [1.82, 2.24) is 10.2 Å². The number of benzene rings is 1. The lowest BCUT2D eigenvalue weighted by Crippen LogP contribution is -2.26. The van der Waals surface area contributed by atoms with Crippen LogP contribution in [0.3, 0.4) is 0 Å². The Hall–Kier alpha value is -2.10. The Kier molecular flexibility index (Phi) is 4.27. The Morgan fingerprint density at radius 1 is 1.36 bits per heavy atom. The Morgan fingerprint density at radius 3 is 2.73 bits per heavy atom. The number of carbonyl (C=O) groups excluding carboxylic acids is 1. The van der Waals surface area contributed by atoms with E-state index >= 15 is 0 Å². The first-order chi connectivity index (χ1) is 10.7. The summed E-state index contributed by atoms with van der Waals surface area (Å²) in [5.41, 5.74) is 2.20. The highest BCUT2D eigenvalue weighted by atomic mass is 16.2. The number of nitrogens with zero attached hydrogens (tertiary/aromatic N) is 1. The lowest BCUT2D eigenvalue weighted by atomic mass is 9.85. The van der Waals surface area contributed by atoms with Crippen molar-refractivity contribution in [3.63, 3.8) is 0 Å². The van der Waals surface area contributed by atoms with E-state index in [0.717, 1.165) is 17.7 Å². The molecule has 4 heteroatoms. The second kappa shape index (κ2) is 6.34. The summed E-state index contributed by atoms with van der Waals surface area (Å²) in [4.78, 5) is 12.7. The zero-order chi connectivity index (χ0) is 15.5. The van der Waals surface area contributed by atoms with Crippen LogP contribution in [0.15, 0.2) is 36.4 Å². The molecule has 0 radical (unpaired) electrons. The van der Waals surface area contributed by atoms with E-state index in [1.807, 2.05) is 36.4 Å². The highest BCUT2D eigenvalue weighted by Gasteiger charge is 2.28. The van der Waals surface area contributed by atoms with Crippen LogP contribution < -0.4 is 5.32 Å². The quantitative estimate of drug-likeness (QED) is 0.845. The van der Waals surface area contributed by atoms with E-state index in [-0.39, 0.29) is 17.7 Å². The maximum absolute atomic E-state index is 12.7. The molecule has 1 amide bonds. The number of aromatic nitrogens is 2. The van der Waals surface area contributed by atoms with Gasteiger partial charge in [0.15, 0.2) is 5.82 Å². The summed E-state index contributed by atoms with van der Waals surface area (Å²) < 4.78 is 0. The second-order valence-electron chi connectivity index (χ2n) is 6.25. The van der Waals surface area contributed by atoms with E-state index in [2.05, 4.69) is 29.4 Å². The molecule has 3 rings (SSSR count). The van der Waals surface area contributed by atoms with Crippen LogP contribution in [0.5, 0.6) is 0 Å². The molecular weight excluding hydrogens is 274 g/mol. The van der Waals surface area contributed by atoms with Crippen LogP contribution in [0.25, 0.3) is 0 Å². The molecular formula is C18H23N3O. The Balaban J connectivity index is 1.76. The number of amides is 1. The van der Waals surface area contributed by atoms with Gasteiger partial charge >= 0.3 is 0 Å². The van der Waals surface area contributed by atoms with Crippen LogP contribution >= 0.6 is 0 Å². The molecule has 1 saturated carbocycles. The maximum Gasteiger partial charge on any atom is 0.233 e. The summed E-state index contributed by atoms with van der Waals surface area (Å²) in [6, 6.07) is 12.0. The highest BCUT2D eigenvalue weighted by Crippen LogP contribution is 2.39. The second-order valence-corrected chi connectivity index (χ2v) is 6.25. The normalized spacial score (nSPS) is 17.0. The van der Waals surface area contributed by atoms with Crippen LogP contribution in [-0.2, 0) is 4.79 Å². The van der Waals surface area contributed by atoms with Gasteiger partial charge < -0.3 is 5.32 Å². The van der Waals surface area contributed by atoms with Gasteiger partial charge in [-0.15, -0.1) is 0 Å². The lowest BCUT2D eigenvalue weighted by Gasteiger charge is -2.22. The van der Waals surface area contributed by atoms with Crippen LogP contribution in [0.2, 0.25) is 0 Å². The third-order valence-electron chi connectivity index (χ3n) is 4.52. The van der Waals surface area contributed by atoms with Gasteiger partial charge in [0, 0.05) is 17.7 Å². The fraction of sp³-hybridized carbons (Fsp3) is 0.444. The Morgan fingerprint density at radius 2 is 2.09 bits per heavy atom. The van der Waals surface area contributed by atoms with Crippen LogP contribution in [0.1, 0.15) is 56.2 Å². The SMILES string of the molecule is CCC(C)C(C(=O)Nc1cc(C2CC2)[nH]n1)c1ccccc1. The molecule has 2 unspecified atom stereocenters. The van der Waals surface area contributed by atoms with Crippen molar-refractivity contribution < 1.29 is 4.79 Å². The number of nitrogens with one attached hydrogen (secondary N) is 2. The molecule has 2 atom stereocenters. The molecule has 0 bridgehead atoms. The molecule has 1 aromatic carbocycles. The minimum atomic E-state index is -0.146. The first-order valence-electron chi connectivity index (χ1n) is 8.10. The number of aromatic amines is 1. The van der Waals surface area contributed by atoms with Gasteiger partial charge in [-0.25, -0.2) is 0 Å². The van der Waals surface area contributed by atoms with Crippen LogP contribution in [0, 0.1) is 5.92 Å².